The van der Waals surface area contributed by atoms with Crippen LogP contribution >= 0.6 is 0 Å². The zero-order valence-electron chi connectivity index (χ0n) is 12.5. The Kier molecular flexibility index (Phi) is 4.77. The van der Waals surface area contributed by atoms with Crippen LogP contribution in [0.25, 0.3) is 11.5 Å². The van der Waals surface area contributed by atoms with Crippen LogP contribution in [0.4, 0.5) is 0 Å². The molecule has 10 nitrogen and oxygen atoms in total. The van der Waals surface area contributed by atoms with Crippen molar-refractivity contribution < 1.29 is 42.2 Å². The van der Waals surface area contributed by atoms with E-state index in [0.29, 0.717) is 11.5 Å². The number of nitrogens with zero attached hydrogens (tertiary/aromatic N) is 1. The SMILES string of the molecule is O=S(=O)(O)C1O[C@@H](Oc2ccc(-c3ccco3)nc2)[C@H](O)[C@@H](O)[C@@H]1O. The van der Waals surface area contributed by atoms with E-state index in [1.54, 1.807) is 18.2 Å². The number of hydrogen-bond donors (Lipinski definition) is 4. The molecule has 0 radical (unpaired) electrons. The fraction of sp³-hybridized carbons (Fsp3) is 0.357. The van der Waals surface area contributed by atoms with Gasteiger partial charge in [0.2, 0.25) is 11.7 Å². The molecule has 0 amide bonds. The van der Waals surface area contributed by atoms with Gasteiger partial charge in [-0.05, 0) is 24.3 Å². The molecule has 4 N–H and O–H groups in total. The summed E-state index contributed by atoms with van der Waals surface area (Å²) in [5.41, 5.74) is -1.65. The molecule has 0 saturated carbocycles. The number of hydrogen-bond acceptors (Lipinski definition) is 9. The molecule has 0 aromatic carbocycles. The minimum absolute atomic E-state index is 0.0945. The fourth-order valence-corrected chi connectivity index (χ4v) is 3.08. The second-order valence-electron chi connectivity index (χ2n) is 5.33. The van der Waals surface area contributed by atoms with Gasteiger partial charge in [0.1, 0.15) is 29.8 Å². The van der Waals surface area contributed by atoms with Gasteiger partial charge in [0.25, 0.3) is 10.1 Å². The van der Waals surface area contributed by atoms with Crippen LogP contribution in [0.1, 0.15) is 0 Å². The number of furan rings is 1. The number of ether oxygens (including phenoxy) is 2. The van der Waals surface area contributed by atoms with Crippen molar-refractivity contribution in [3.05, 3.63) is 36.7 Å². The minimum Gasteiger partial charge on any atom is -0.463 e. The maximum absolute atomic E-state index is 11.2. The summed E-state index contributed by atoms with van der Waals surface area (Å²) in [7, 11) is -4.84. The molecule has 3 heterocycles. The van der Waals surface area contributed by atoms with Gasteiger partial charge in [0.05, 0.1) is 12.5 Å². The van der Waals surface area contributed by atoms with Gasteiger partial charge in [-0.15, -0.1) is 0 Å². The molecule has 0 spiro atoms. The van der Waals surface area contributed by atoms with Crippen molar-refractivity contribution in [2.75, 3.05) is 0 Å². The zero-order valence-corrected chi connectivity index (χ0v) is 13.4. The average molecular weight is 373 g/mol. The molecular weight excluding hydrogens is 358 g/mol. The molecule has 1 aliphatic heterocycles. The lowest BCUT2D eigenvalue weighted by Gasteiger charge is -2.38. The van der Waals surface area contributed by atoms with Crippen LogP contribution in [0.15, 0.2) is 41.1 Å². The molecule has 3 rings (SSSR count). The Hall–Kier alpha value is -2.02. The molecule has 1 aliphatic rings. The smallest absolute Gasteiger partial charge is 0.295 e. The molecule has 1 unspecified atom stereocenters. The third-order valence-corrected chi connectivity index (χ3v) is 4.56. The minimum atomic E-state index is -4.84. The van der Waals surface area contributed by atoms with E-state index in [-0.39, 0.29) is 5.75 Å². The molecule has 5 atom stereocenters. The van der Waals surface area contributed by atoms with Crippen LogP contribution in [0.2, 0.25) is 0 Å². The van der Waals surface area contributed by atoms with Gasteiger partial charge in [-0.25, -0.2) is 4.98 Å². The number of rotatable bonds is 4. The highest BCUT2D eigenvalue weighted by Gasteiger charge is 2.50. The molecule has 25 heavy (non-hydrogen) atoms. The first-order chi connectivity index (χ1) is 11.8. The molecular formula is C14H15NO9S. The summed E-state index contributed by atoms with van der Waals surface area (Å²) in [5.74, 6) is 0.613. The Morgan fingerprint density at radius 1 is 1.08 bits per heavy atom. The Balaban J connectivity index is 1.77. The lowest BCUT2D eigenvalue weighted by molar-refractivity contribution is -0.254. The summed E-state index contributed by atoms with van der Waals surface area (Å²) in [6.07, 6.45) is -4.59. The predicted octanol–water partition coefficient (Wildman–Crippen LogP) is -0.627. The lowest BCUT2D eigenvalue weighted by Crippen LogP contribution is -2.61. The van der Waals surface area contributed by atoms with Crippen LogP contribution in [0.3, 0.4) is 0 Å². The van der Waals surface area contributed by atoms with E-state index in [1.807, 2.05) is 0 Å². The molecule has 136 valence electrons. The summed E-state index contributed by atoms with van der Waals surface area (Å²) in [5, 5.41) is 29.2. The van der Waals surface area contributed by atoms with Crippen LogP contribution in [-0.2, 0) is 14.9 Å². The molecule has 0 aliphatic carbocycles. The van der Waals surface area contributed by atoms with Crippen LogP contribution in [0, 0.1) is 0 Å². The predicted molar refractivity (Wildman–Crippen MR) is 80.8 cm³/mol. The topological polar surface area (TPSA) is 160 Å². The van der Waals surface area contributed by atoms with Crippen LogP contribution in [0.5, 0.6) is 5.75 Å². The number of pyridine rings is 1. The van der Waals surface area contributed by atoms with Gasteiger partial charge in [0.15, 0.2) is 5.76 Å². The first-order valence-electron chi connectivity index (χ1n) is 7.10. The highest BCUT2D eigenvalue weighted by atomic mass is 32.2. The van der Waals surface area contributed by atoms with Gasteiger partial charge >= 0.3 is 0 Å². The molecule has 1 saturated heterocycles. The van der Waals surface area contributed by atoms with E-state index >= 15 is 0 Å². The maximum Gasteiger partial charge on any atom is 0.295 e. The van der Waals surface area contributed by atoms with Crippen molar-refractivity contribution in [3.8, 4) is 17.2 Å². The Morgan fingerprint density at radius 3 is 2.40 bits per heavy atom. The second kappa shape index (κ2) is 6.71. The Labute approximate surface area is 142 Å². The average Bonchev–Trinajstić information content (AvgIpc) is 3.09. The summed E-state index contributed by atoms with van der Waals surface area (Å²) in [6, 6.07) is 6.40. The quantitative estimate of drug-likeness (QED) is 0.508. The molecule has 2 aromatic rings. The highest BCUT2D eigenvalue weighted by molar-refractivity contribution is 7.86. The van der Waals surface area contributed by atoms with E-state index in [2.05, 4.69) is 4.98 Å². The number of aliphatic hydroxyl groups is 3. The second-order valence-corrected chi connectivity index (χ2v) is 6.83. The van der Waals surface area contributed by atoms with Crippen LogP contribution < -0.4 is 4.74 Å². The summed E-state index contributed by atoms with van der Waals surface area (Å²) in [4.78, 5) is 4.08. The van der Waals surface area contributed by atoms with Crippen LogP contribution in [-0.4, -0.2) is 63.3 Å². The van der Waals surface area contributed by atoms with E-state index in [9.17, 15) is 23.7 Å². The van der Waals surface area contributed by atoms with Crippen molar-refractivity contribution >= 4 is 10.1 Å². The zero-order chi connectivity index (χ0) is 18.2. The lowest BCUT2D eigenvalue weighted by atomic mass is 10.1. The summed E-state index contributed by atoms with van der Waals surface area (Å²) >= 11 is 0. The Bertz CT molecular complexity index is 805. The molecule has 2 aromatic heterocycles. The van der Waals surface area contributed by atoms with Crippen molar-refractivity contribution in [2.45, 2.75) is 30.0 Å². The van der Waals surface area contributed by atoms with E-state index < -0.39 is 40.2 Å². The third-order valence-electron chi connectivity index (χ3n) is 3.58. The van der Waals surface area contributed by atoms with E-state index in [0.717, 1.165) is 0 Å². The normalized spacial score (nSPS) is 30.2. The van der Waals surface area contributed by atoms with E-state index in [1.165, 1.54) is 18.5 Å². The monoisotopic (exact) mass is 373 g/mol. The Morgan fingerprint density at radius 2 is 1.84 bits per heavy atom. The summed E-state index contributed by atoms with van der Waals surface area (Å²) < 4.78 is 46.8. The standard InChI is InChI=1S/C14H15NO9S/c16-10-11(17)13(24-14(12(10)18)25(19,20)21)23-7-3-4-8(15-6-7)9-2-1-5-22-9/h1-6,10-14,16-18H,(H,19,20,21)/t10-,11-,12+,13-,14?/m1/s1. The third kappa shape index (κ3) is 3.66. The summed E-state index contributed by atoms with van der Waals surface area (Å²) in [6.45, 7) is 0. The number of aliphatic hydroxyl groups excluding tert-OH is 3. The number of aromatic nitrogens is 1. The first kappa shape index (κ1) is 17.8. The van der Waals surface area contributed by atoms with Crippen molar-refractivity contribution in [3.63, 3.8) is 0 Å². The van der Waals surface area contributed by atoms with Gasteiger partial charge < -0.3 is 29.2 Å². The van der Waals surface area contributed by atoms with Gasteiger partial charge in [-0.2, -0.15) is 8.42 Å². The van der Waals surface area contributed by atoms with E-state index in [4.69, 9.17) is 18.4 Å². The first-order valence-corrected chi connectivity index (χ1v) is 8.60. The highest BCUT2D eigenvalue weighted by Crippen LogP contribution is 2.27. The molecule has 1 fully saturated rings. The largest absolute Gasteiger partial charge is 0.463 e. The van der Waals surface area contributed by atoms with Gasteiger partial charge in [0, 0.05) is 0 Å². The van der Waals surface area contributed by atoms with Gasteiger partial charge in [-0.1, -0.05) is 0 Å². The molecule has 11 heteroatoms. The maximum atomic E-state index is 11.2. The van der Waals surface area contributed by atoms with Crippen molar-refractivity contribution in [2.24, 2.45) is 0 Å². The van der Waals surface area contributed by atoms with Gasteiger partial charge in [-0.3, -0.25) is 4.55 Å². The van der Waals surface area contributed by atoms with Crippen molar-refractivity contribution in [1.29, 1.82) is 0 Å². The van der Waals surface area contributed by atoms with Crippen molar-refractivity contribution in [1.82, 2.24) is 4.98 Å². The fourth-order valence-electron chi connectivity index (χ4n) is 2.32. The molecule has 0 bridgehead atoms.